The Balaban J connectivity index is 3.45. The molecule has 0 unspecified atom stereocenters. The Morgan fingerprint density at radius 1 is 0.344 bits per heavy atom. The summed E-state index contributed by atoms with van der Waals surface area (Å²) < 4.78 is 0. The number of carbonyl (C=O) groups is 1. The molecule has 4 N–H and O–H groups in total. The number of rotatable bonds is 53. The fourth-order valence-corrected chi connectivity index (χ4v) is 9.34. The lowest BCUT2D eigenvalue weighted by atomic mass is 9.99. The van der Waals surface area contributed by atoms with Gasteiger partial charge in [-0.05, 0) is 12.8 Å². The predicted molar refractivity (Wildman–Crippen MR) is 269 cm³/mol. The van der Waals surface area contributed by atoms with Gasteiger partial charge < -0.3 is 20.6 Å². The van der Waals surface area contributed by atoms with E-state index in [1.807, 2.05) is 0 Å². The maximum atomic E-state index is 12.5. The largest absolute Gasteiger partial charge is 0.394 e. The zero-order valence-corrected chi connectivity index (χ0v) is 41.8. The van der Waals surface area contributed by atoms with Crippen molar-refractivity contribution in [3.05, 3.63) is 0 Å². The van der Waals surface area contributed by atoms with Gasteiger partial charge in [0.25, 0.3) is 0 Å². The van der Waals surface area contributed by atoms with Crippen LogP contribution in [0.4, 0.5) is 0 Å². The first-order chi connectivity index (χ1) is 30.1. The van der Waals surface area contributed by atoms with Gasteiger partial charge in [0.2, 0.25) is 5.91 Å². The maximum Gasteiger partial charge on any atom is 0.220 e. The number of aliphatic hydroxyl groups is 3. The summed E-state index contributed by atoms with van der Waals surface area (Å²) in [4.78, 5) is 12.5. The van der Waals surface area contributed by atoms with Gasteiger partial charge in [0.05, 0.1) is 18.8 Å². The van der Waals surface area contributed by atoms with Crippen LogP contribution in [0.2, 0.25) is 0 Å². The molecule has 0 aliphatic carbocycles. The number of nitrogens with one attached hydrogen (secondary N) is 1. The summed E-state index contributed by atoms with van der Waals surface area (Å²) in [5.41, 5.74) is 0. The van der Waals surface area contributed by atoms with Crippen LogP contribution in [-0.2, 0) is 4.79 Å². The second-order valence-electron chi connectivity index (χ2n) is 19.9. The lowest BCUT2D eigenvalue weighted by molar-refractivity contribution is -0.124. The second kappa shape index (κ2) is 52.0. The number of carbonyl (C=O) groups excluding carboxylic acids is 1. The van der Waals surface area contributed by atoms with Gasteiger partial charge in [-0.2, -0.15) is 0 Å². The van der Waals surface area contributed by atoms with Crippen LogP contribution >= 0.6 is 0 Å². The van der Waals surface area contributed by atoms with Crippen molar-refractivity contribution in [3.8, 4) is 0 Å². The van der Waals surface area contributed by atoms with Gasteiger partial charge in [0.15, 0.2) is 0 Å². The molecule has 1 amide bonds. The molecule has 5 heteroatoms. The van der Waals surface area contributed by atoms with Gasteiger partial charge in [-0.15, -0.1) is 0 Å². The smallest absolute Gasteiger partial charge is 0.220 e. The highest BCUT2D eigenvalue weighted by atomic mass is 16.3. The molecule has 0 saturated heterocycles. The Labute approximate surface area is 383 Å². The summed E-state index contributed by atoms with van der Waals surface area (Å²) in [6.45, 7) is 4.22. The van der Waals surface area contributed by atoms with Gasteiger partial charge in [0.1, 0.15) is 6.10 Å². The van der Waals surface area contributed by atoms with E-state index in [1.165, 1.54) is 270 Å². The molecule has 5 nitrogen and oxygen atoms in total. The molecule has 366 valence electrons. The summed E-state index contributed by atoms with van der Waals surface area (Å²) in [5, 5.41) is 33.7. The van der Waals surface area contributed by atoms with Crippen LogP contribution in [0.1, 0.15) is 328 Å². The molecule has 0 aliphatic heterocycles. The van der Waals surface area contributed by atoms with Crippen molar-refractivity contribution in [1.29, 1.82) is 0 Å². The highest BCUT2D eigenvalue weighted by molar-refractivity contribution is 5.76. The molecule has 0 radical (unpaired) electrons. The molecule has 0 aromatic rings. The van der Waals surface area contributed by atoms with Crippen molar-refractivity contribution in [2.24, 2.45) is 0 Å². The second-order valence-corrected chi connectivity index (χ2v) is 19.9. The van der Waals surface area contributed by atoms with Gasteiger partial charge in [-0.25, -0.2) is 0 Å². The highest BCUT2D eigenvalue weighted by Crippen LogP contribution is 2.19. The van der Waals surface area contributed by atoms with Crippen LogP contribution in [0.15, 0.2) is 0 Å². The number of unbranched alkanes of at least 4 members (excludes halogenated alkanes) is 45. The molecule has 0 aromatic heterocycles. The zero-order valence-electron chi connectivity index (χ0n) is 41.8. The third kappa shape index (κ3) is 47.1. The van der Waals surface area contributed by atoms with Crippen LogP contribution in [0.3, 0.4) is 0 Å². The van der Waals surface area contributed by atoms with E-state index in [1.54, 1.807) is 0 Å². The number of amides is 1. The summed E-state index contributed by atoms with van der Waals surface area (Å²) in [5.74, 6) is -0.136. The van der Waals surface area contributed by atoms with Crippen molar-refractivity contribution < 1.29 is 20.1 Å². The normalized spacial score (nSPS) is 13.2. The zero-order chi connectivity index (χ0) is 44.4. The van der Waals surface area contributed by atoms with E-state index in [9.17, 15) is 20.1 Å². The average molecular weight is 865 g/mol. The number of hydrogen-bond acceptors (Lipinski definition) is 4. The van der Waals surface area contributed by atoms with Crippen LogP contribution in [-0.4, -0.2) is 46.1 Å². The standard InChI is InChI=1S/C56H113NO4/c1-3-5-7-9-11-13-15-17-19-21-22-23-24-25-26-27-28-29-30-31-32-33-34-35-37-39-41-43-45-47-49-51-55(60)57-53(52-58)56(61)54(59)50-48-46-44-42-40-38-36-20-18-16-14-12-10-8-6-4-2/h53-54,56,58-59,61H,3-52H2,1-2H3,(H,57,60)/t53-,54+,56-/m0/s1. The molecule has 61 heavy (non-hydrogen) atoms. The topological polar surface area (TPSA) is 89.8 Å². The van der Waals surface area contributed by atoms with E-state index in [0.29, 0.717) is 12.8 Å². The van der Waals surface area contributed by atoms with Gasteiger partial charge >= 0.3 is 0 Å². The molecular formula is C56H113NO4. The Morgan fingerprint density at radius 2 is 0.557 bits per heavy atom. The number of hydrogen-bond donors (Lipinski definition) is 4. The third-order valence-corrected chi connectivity index (χ3v) is 13.7. The summed E-state index contributed by atoms with van der Waals surface area (Å²) >= 11 is 0. The monoisotopic (exact) mass is 864 g/mol. The van der Waals surface area contributed by atoms with E-state index < -0.39 is 18.2 Å². The minimum Gasteiger partial charge on any atom is -0.394 e. The van der Waals surface area contributed by atoms with E-state index in [-0.39, 0.29) is 12.5 Å². The fraction of sp³-hybridized carbons (Fsp3) is 0.982. The SMILES string of the molecule is CCCCCCCCCCCCCCCCCCCCCCCCCCCCCCCCCC(=O)N[C@@H](CO)[C@H](O)[C@H](O)CCCCCCCCCCCCCCCCCC. The fourth-order valence-electron chi connectivity index (χ4n) is 9.34. The van der Waals surface area contributed by atoms with Crippen molar-refractivity contribution in [2.75, 3.05) is 6.61 Å². The minimum absolute atomic E-state index is 0.136. The molecular weight excluding hydrogens is 751 g/mol. The van der Waals surface area contributed by atoms with Crippen molar-refractivity contribution in [3.63, 3.8) is 0 Å². The minimum atomic E-state index is -1.13. The van der Waals surface area contributed by atoms with Crippen molar-refractivity contribution >= 4 is 5.91 Å². The molecule has 0 bridgehead atoms. The number of aliphatic hydroxyl groups excluding tert-OH is 3. The Morgan fingerprint density at radius 3 is 0.787 bits per heavy atom. The van der Waals surface area contributed by atoms with E-state index in [4.69, 9.17) is 0 Å². The average Bonchev–Trinajstić information content (AvgIpc) is 3.26. The molecule has 0 saturated carbocycles. The lowest BCUT2D eigenvalue weighted by Crippen LogP contribution is -2.50. The van der Waals surface area contributed by atoms with Gasteiger partial charge in [-0.1, -0.05) is 309 Å². The van der Waals surface area contributed by atoms with Crippen LogP contribution in [0.25, 0.3) is 0 Å². The molecule has 0 aromatic carbocycles. The van der Waals surface area contributed by atoms with Crippen LogP contribution in [0, 0.1) is 0 Å². The highest BCUT2D eigenvalue weighted by Gasteiger charge is 2.26. The van der Waals surface area contributed by atoms with Crippen molar-refractivity contribution in [2.45, 2.75) is 347 Å². The van der Waals surface area contributed by atoms with Crippen molar-refractivity contribution in [1.82, 2.24) is 5.32 Å². The first-order valence-corrected chi connectivity index (χ1v) is 28.3. The predicted octanol–water partition coefficient (Wildman–Crippen LogP) is 17.3. The first-order valence-electron chi connectivity index (χ1n) is 28.3. The van der Waals surface area contributed by atoms with Gasteiger partial charge in [-0.3, -0.25) is 4.79 Å². The summed E-state index contributed by atoms with van der Waals surface area (Å²) in [7, 11) is 0. The molecule has 0 spiro atoms. The van der Waals surface area contributed by atoms with Crippen LogP contribution < -0.4 is 5.32 Å². The maximum absolute atomic E-state index is 12.5. The Kier molecular flexibility index (Phi) is 51.4. The van der Waals surface area contributed by atoms with Crippen LogP contribution in [0.5, 0.6) is 0 Å². The first kappa shape index (κ1) is 60.4. The van der Waals surface area contributed by atoms with E-state index in [2.05, 4.69) is 19.2 Å². The van der Waals surface area contributed by atoms with Gasteiger partial charge in [0, 0.05) is 6.42 Å². The quantitative estimate of drug-likeness (QED) is 0.0459. The summed E-state index contributed by atoms with van der Waals surface area (Å²) in [6.07, 6.45) is 62.7. The molecule has 0 fully saturated rings. The van der Waals surface area contributed by atoms with E-state index >= 15 is 0 Å². The molecule has 0 rings (SSSR count). The molecule has 0 heterocycles. The molecule has 0 aliphatic rings. The lowest BCUT2D eigenvalue weighted by Gasteiger charge is -2.26. The molecule has 3 atom stereocenters. The Bertz CT molecular complexity index is 822. The summed E-state index contributed by atoms with van der Waals surface area (Å²) in [6, 6.07) is -0.804. The van der Waals surface area contributed by atoms with E-state index in [0.717, 1.165) is 32.1 Å². The Hall–Kier alpha value is -0.650. The third-order valence-electron chi connectivity index (χ3n) is 13.7.